The first-order valence-corrected chi connectivity index (χ1v) is 9.82. The van der Waals surface area contributed by atoms with Gasteiger partial charge in [-0.15, -0.1) is 0 Å². The molecule has 2 aliphatic heterocycles. The lowest BCUT2D eigenvalue weighted by Crippen LogP contribution is -2.46. The SMILES string of the molecule is C[C@@H]1CN(c2c(C=O)cc3c(N4C(=O)SC[C@@H]4C)noc3c2F)C[C@@H](C)O1. The summed E-state index contributed by atoms with van der Waals surface area (Å²) in [4.78, 5) is 27.2. The van der Waals surface area contributed by atoms with Gasteiger partial charge in [0.05, 0.1) is 23.3 Å². The summed E-state index contributed by atoms with van der Waals surface area (Å²) in [6.45, 7) is 6.63. The maximum Gasteiger partial charge on any atom is 0.287 e. The van der Waals surface area contributed by atoms with Crippen LogP contribution in [0.25, 0.3) is 11.0 Å². The fraction of sp³-hybridized carbons (Fsp3) is 0.500. The molecule has 1 aromatic carbocycles. The van der Waals surface area contributed by atoms with Crippen LogP contribution in [0.4, 0.5) is 20.7 Å². The van der Waals surface area contributed by atoms with E-state index in [2.05, 4.69) is 5.16 Å². The fourth-order valence-electron chi connectivity index (χ4n) is 3.79. The second-order valence-corrected chi connectivity index (χ2v) is 8.06. The number of amides is 1. The number of fused-ring (bicyclic) bond motifs is 1. The number of carbonyl (C=O) groups is 2. The quantitative estimate of drug-likeness (QED) is 0.739. The molecule has 2 saturated heterocycles. The molecule has 4 rings (SSSR count). The average molecular weight is 393 g/mol. The average Bonchev–Trinajstić information content (AvgIpc) is 3.16. The predicted octanol–water partition coefficient (Wildman–Crippen LogP) is 3.45. The summed E-state index contributed by atoms with van der Waals surface area (Å²) in [6, 6.07) is 1.47. The summed E-state index contributed by atoms with van der Waals surface area (Å²) in [7, 11) is 0. The molecule has 144 valence electrons. The number of rotatable bonds is 3. The van der Waals surface area contributed by atoms with Crippen LogP contribution in [0.1, 0.15) is 31.1 Å². The summed E-state index contributed by atoms with van der Waals surface area (Å²) in [5.41, 5.74) is 0.351. The van der Waals surface area contributed by atoms with E-state index in [1.807, 2.05) is 20.8 Å². The first-order chi connectivity index (χ1) is 12.9. The fourth-order valence-corrected chi connectivity index (χ4v) is 4.73. The summed E-state index contributed by atoms with van der Waals surface area (Å²) < 4.78 is 26.3. The van der Waals surface area contributed by atoms with Gasteiger partial charge >= 0.3 is 0 Å². The van der Waals surface area contributed by atoms with Crippen molar-refractivity contribution in [1.29, 1.82) is 0 Å². The Bertz CT molecular complexity index is 908. The molecule has 2 aliphatic rings. The second kappa shape index (κ2) is 6.79. The molecular formula is C18H20FN3O4S. The molecule has 3 atom stereocenters. The standard InChI is InChI=1S/C18H20FN3O4S/c1-9-8-27-18(24)22(9)17-13-4-12(7-23)15(14(19)16(13)26-20-17)21-5-10(2)25-11(3)6-21/h4,7,9-11H,5-6,8H2,1-3H3/t9-,10+,11+/m0/s1. The number of ether oxygens (including phenoxy) is 1. The van der Waals surface area contributed by atoms with Gasteiger partial charge in [0.2, 0.25) is 5.58 Å². The Morgan fingerprint density at radius 2 is 2.00 bits per heavy atom. The highest BCUT2D eigenvalue weighted by Crippen LogP contribution is 2.39. The molecule has 0 unspecified atom stereocenters. The van der Waals surface area contributed by atoms with Gasteiger partial charge in [-0.1, -0.05) is 16.9 Å². The Labute approximate surface area is 159 Å². The Morgan fingerprint density at radius 3 is 2.59 bits per heavy atom. The maximum absolute atomic E-state index is 15.4. The van der Waals surface area contributed by atoms with Crippen molar-refractivity contribution in [2.24, 2.45) is 0 Å². The van der Waals surface area contributed by atoms with Gasteiger partial charge in [-0.25, -0.2) is 4.39 Å². The lowest BCUT2D eigenvalue weighted by atomic mass is 10.1. The number of hydrogen-bond donors (Lipinski definition) is 0. The number of aldehydes is 1. The molecule has 0 saturated carbocycles. The monoisotopic (exact) mass is 393 g/mol. The van der Waals surface area contributed by atoms with E-state index in [-0.39, 0.29) is 46.1 Å². The minimum absolute atomic E-state index is 0.0469. The number of halogens is 1. The third-order valence-electron chi connectivity index (χ3n) is 4.87. The Kier molecular flexibility index (Phi) is 4.59. The highest BCUT2D eigenvalue weighted by molar-refractivity contribution is 8.14. The molecule has 0 bridgehead atoms. The van der Waals surface area contributed by atoms with Crippen LogP contribution in [-0.4, -0.2) is 53.8 Å². The highest BCUT2D eigenvalue weighted by Gasteiger charge is 2.35. The second-order valence-electron chi connectivity index (χ2n) is 7.09. The molecule has 3 heterocycles. The van der Waals surface area contributed by atoms with Gasteiger partial charge in [0.25, 0.3) is 5.24 Å². The molecular weight excluding hydrogens is 373 g/mol. The van der Waals surface area contributed by atoms with E-state index in [1.54, 1.807) is 11.0 Å². The topological polar surface area (TPSA) is 75.9 Å². The van der Waals surface area contributed by atoms with E-state index < -0.39 is 5.82 Å². The van der Waals surface area contributed by atoms with Crippen molar-refractivity contribution in [1.82, 2.24) is 5.16 Å². The Morgan fingerprint density at radius 1 is 1.30 bits per heavy atom. The number of thioether (sulfide) groups is 1. The van der Waals surface area contributed by atoms with Gasteiger partial charge in [-0.2, -0.15) is 0 Å². The number of benzene rings is 1. The lowest BCUT2D eigenvalue weighted by molar-refractivity contribution is -0.00543. The molecule has 7 nitrogen and oxygen atoms in total. The first-order valence-electron chi connectivity index (χ1n) is 8.84. The number of nitrogens with zero attached hydrogens (tertiary/aromatic N) is 3. The summed E-state index contributed by atoms with van der Waals surface area (Å²) >= 11 is 1.18. The molecule has 2 fully saturated rings. The van der Waals surface area contributed by atoms with Gasteiger partial charge in [0.1, 0.15) is 0 Å². The third-order valence-corrected chi connectivity index (χ3v) is 5.96. The molecule has 1 aromatic heterocycles. The maximum atomic E-state index is 15.4. The van der Waals surface area contributed by atoms with Crippen LogP contribution in [0.2, 0.25) is 0 Å². The molecule has 27 heavy (non-hydrogen) atoms. The van der Waals surface area contributed by atoms with E-state index in [0.717, 1.165) is 0 Å². The zero-order chi connectivity index (χ0) is 19.3. The number of aromatic nitrogens is 1. The van der Waals surface area contributed by atoms with Crippen molar-refractivity contribution in [3.63, 3.8) is 0 Å². The van der Waals surface area contributed by atoms with Crippen molar-refractivity contribution >= 4 is 45.8 Å². The van der Waals surface area contributed by atoms with Crippen LogP contribution in [0.15, 0.2) is 10.6 Å². The lowest BCUT2D eigenvalue weighted by Gasteiger charge is -2.37. The zero-order valence-corrected chi connectivity index (χ0v) is 16.1. The number of carbonyl (C=O) groups excluding carboxylic acids is 2. The predicted molar refractivity (Wildman–Crippen MR) is 101 cm³/mol. The molecule has 9 heteroatoms. The van der Waals surface area contributed by atoms with Crippen molar-refractivity contribution < 1.29 is 23.2 Å². The molecule has 0 spiro atoms. The minimum atomic E-state index is -0.637. The van der Waals surface area contributed by atoms with E-state index >= 15 is 4.39 Å². The van der Waals surface area contributed by atoms with Crippen LogP contribution < -0.4 is 9.80 Å². The normalized spacial score (nSPS) is 26.2. The molecule has 1 amide bonds. The summed E-state index contributed by atoms with van der Waals surface area (Å²) in [5, 5.41) is 4.12. The smallest absolute Gasteiger partial charge is 0.287 e. The molecule has 0 aliphatic carbocycles. The van der Waals surface area contributed by atoms with Crippen LogP contribution in [0.5, 0.6) is 0 Å². The first kappa shape index (κ1) is 18.2. The molecule has 2 aromatic rings. The van der Waals surface area contributed by atoms with E-state index in [9.17, 15) is 9.59 Å². The van der Waals surface area contributed by atoms with Crippen molar-refractivity contribution in [2.45, 2.75) is 39.0 Å². The van der Waals surface area contributed by atoms with Crippen molar-refractivity contribution in [2.75, 3.05) is 28.6 Å². The zero-order valence-electron chi connectivity index (χ0n) is 15.3. The number of morpholine rings is 1. The number of anilines is 2. The van der Waals surface area contributed by atoms with E-state index in [4.69, 9.17) is 9.26 Å². The third kappa shape index (κ3) is 2.98. The summed E-state index contributed by atoms with van der Waals surface area (Å²) in [6.07, 6.45) is 0.450. The van der Waals surface area contributed by atoms with Gasteiger partial charge in [0, 0.05) is 30.4 Å². The van der Waals surface area contributed by atoms with Crippen molar-refractivity contribution in [3.05, 3.63) is 17.4 Å². The molecule has 0 radical (unpaired) electrons. The van der Waals surface area contributed by atoms with Crippen LogP contribution >= 0.6 is 11.8 Å². The van der Waals surface area contributed by atoms with Gasteiger partial charge in [-0.05, 0) is 26.8 Å². The summed E-state index contributed by atoms with van der Waals surface area (Å²) in [5.74, 6) is 0.240. The highest BCUT2D eigenvalue weighted by atomic mass is 32.2. The molecule has 0 N–H and O–H groups in total. The van der Waals surface area contributed by atoms with E-state index in [0.29, 0.717) is 30.5 Å². The van der Waals surface area contributed by atoms with E-state index in [1.165, 1.54) is 16.7 Å². The van der Waals surface area contributed by atoms with Crippen LogP contribution in [0, 0.1) is 5.82 Å². The van der Waals surface area contributed by atoms with Gasteiger partial charge in [0.15, 0.2) is 17.9 Å². The van der Waals surface area contributed by atoms with Gasteiger partial charge < -0.3 is 14.2 Å². The van der Waals surface area contributed by atoms with Gasteiger partial charge in [-0.3, -0.25) is 14.5 Å². The minimum Gasteiger partial charge on any atom is -0.372 e. The Hall–Kier alpha value is -2.13. The van der Waals surface area contributed by atoms with Crippen LogP contribution in [0.3, 0.4) is 0 Å². The Balaban J connectivity index is 1.84. The van der Waals surface area contributed by atoms with Crippen LogP contribution in [-0.2, 0) is 4.74 Å². The largest absolute Gasteiger partial charge is 0.372 e. The number of hydrogen-bond acceptors (Lipinski definition) is 7. The van der Waals surface area contributed by atoms with Crippen molar-refractivity contribution in [3.8, 4) is 0 Å².